The molecule has 0 bridgehead atoms. The van der Waals surface area contributed by atoms with Crippen LogP contribution in [0.2, 0.25) is 0 Å². The molecule has 1 unspecified atom stereocenters. The van der Waals surface area contributed by atoms with Gasteiger partial charge in [-0.15, -0.1) is 22.0 Å². The van der Waals surface area contributed by atoms with Gasteiger partial charge in [0.25, 0.3) is 11.8 Å². The summed E-state index contributed by atoms with van der Waals surface area (Å²) < 4.78 is 11.4. The number of pyridine rings is 1. The Kier molecular flexibility index (Phi) is 16.2. The number of benzene rings is 1. The molecule has 0 radical (unpaired) electrons. The van der Waals surface area contributed by atoms with E-state index < -0.39 is 11.9 Å². The molecule has 1 atom stereocenters. The highest BCUT2D eigenvalue weighted by molar-refractivity contribution is 7.99. The predicted molar refractivity (Wildman–Crippen MR) is 234 cm³/mol. The van der Waals surface area contributed by atoms with Crippen molar-refractivity contribution in [1.82, 2.24) is 40.5 Å². The highest BCUT2D eigenvalue weighted by Gasteiger charge is 2.40. The quantitative estimate of drug-likeness (QED) is 0.0773. The van der Waals surface area contributed by atoms with Crippen LogP contribution in [0.1, 0.15) is 76.9 Å². The molecule has 0 spiro atoms. The van der Waals surface area contributed by atoms with Crippen molar-refractivity contribution in [2.24, 2.45) is 5.92 Å². The SMILES string of the molecule is O=C(/C=C/c1cccnc1)NCCCCC1CCN(C(=O)c2ccc(N3CCN(C(=O)COCCOCCSc4cccc5c4CN(C4CCC(=O)NC4=O)C5=O)CC3)nn2)CC1. The van der Waals surface area contributed by atoms with E-state index in [1.54, 1.807) is 52.2 Å². The van der Waals surface area contributed by atoms with Crippen molar-refractivity contribution in [3.05, 3.63) is 83.3 Å². The van der Waals surface area contributed by atoms with E-state index in [9.17, 15) is 28.8 Å². The van der Waals surface area contributed by atoms with E-state index in [2.05, 4.69) is 30.7 Å². The number of rotatable bonds is 19. The third kappa shape index (κ3) is 12.5. The fourth-order valence-electron chi connectivity index (χ4n) is 8.23. The molecule has 4 aliphatic heterocycles. The number of hydrogen-bond acceptors (Lipinski definition) is 13. The van der Waals surface area contributed by atoms with Gasteiger partial charge in [0.1, 0.15) is 12.6 Å². The summed E-state index contributed by atoms with van der Waals surface area (Å²) in [5, 5.41) is 13.9. The number of thioether (sulfide) groups is 1. The number of aromatic nitrogens is 3. The summed E-state index contributed by atoms with van der Waals surface area (Å²) in [6.07, 6.45) is 12.1. The summed E-state index contributed by atoms with van der Waals surface area (Å²) in [4.78, 5) is 87.4. The van der Waals surface area contributed by atoms with Gasteiger partial charge < -0.3 is 34.4 Å². The number of nitrogens with zero attached hydrogens (tertiary/aromatic N) is 7. The predicted octanol–water partition coefficient (Wildman–Crippen LogP) is 2.96. The highest BCUT2D eigenvalue weighted by Crippen LogP contribution is 2.34. The Balaban J connectivity index is 0.715. The van der Waals surface area contributed by atoms with E-state index in [0.29, 0.717) is 101 Å². The normalized spacial score (nSPS) is 18.2. The van der Waals surface area contributed by atoms with Gasteiger partial charge >= 0.3 is 0 Å². The zero-order chi connectivity index (χ0) is 44.0. The van der Waals surface area contributed by atoms with Crippen LogP contribution in [0.15, 0.2) is 65.8 Å². The van der Waals surface area contributed by atoms with Gasteiger partial charge in [-0.3, -0.25) is 39.1 Å². The van der Waals surface area contributed by atoms with Crippen molar-refractivity contribution in [1.29, 1.82) is 0 Å². The molecule has 2 N–H and O–H groups in total. The number of likely N-dealkylation sites (tertiary alicyclic amines) is 1. The van der Waals surface area contributed by atoms with E-state index in [1.165, 1.54) is 6.08 Å². The van der Waals surface area contributed by atoms with E-state index in [4.69, 9.17) is 9.47 Å². The highest BCUT2D eigenvalue weighted by atomic mass is 32.2. The molecular weight excluding hydrogens is 827 g/mol. The molecule has 18 heteroatoms. The fraction of sp³-hybridized carbons (Fsp3) is 0.489. The maximum Gasteiger partial charge on any atom is 0.274 e. The molecular formula is C45H55N9O8S. The zero-order valence-electron chi connectivity index (χ0n) is 35.5. The lowest BCUT2D eigenvalue weighted by Gasteiger charge is -2.35. The van der Waals surface area contributed by atoms with Gasteiger partial charge in [0, 0.05) is 93.5 Å². The van der Waals surface area contributed by atoms with E-state index in [0.717, 1.165) is 48.1 Å². The number of fused-ring (bicyclic) bond motifs is 1. The number of piperidine rings is 2. The minimum Gasteiger partial charge on any atom is -0.378 e. The van der Waals surface area contributed by atoms with Crippen LogP contribution in [0.4, 0.5) is 5.82 Å². The van der Waals surface area contributed by atoms with E-state index in [1.807, 2.05) is 35.2 Å². The number of hydrogen-bond donors (Lipinski definition) is 2. The summed E-state index contributed by atoms with van der Waals surface area (Å²) in [5.41, 5.74) is 2.68. The van der Waals surface area contributed by atoms with Crippen LogP contribution in [-0.2, 0) is 35.2 Å². The van der Waals surface area contributed by atoms with Gasteiger partial charge in [0.15, 0.2) is 11.5 Å². The third-order valence-corrected chi connectivity index (χ3v) is 12.9. The van der Waals surface area contributed by atoms with Gasteiger partial charge in [0.2, 0.25) is 23.6 Å². The topological polar surface area (TPSA) is 197 Å². The number of unbranched alkanes of at least 4 members (excludes halogenated alkanes) is 1. The van der Waals surface area contributed by atoms with Crippen molar-refractivity contribution in [2.45, 2.75) is 62.4 Å². The summed E-state index contributed by atoms with van der Waals surface area (Å²) in [5.74, 6) is 0.637. The molecule has 0 saturated carbocycles. The molecule has 6 amide bonds. The first-order chi connectivity index (χ1) is 30.7. The van der Waals surface area contributed by atoms with Crippen LogP contribution in [0.3, 0.4) is 0 Å². The second-order valence-electron chi connectivity index (χ2n) is 16.0. The van der Waals surface area contributed by atoms with Gasteiger partial charge in [-0.25, -0.2) is 0 Å². The molecule has 2 aromatic heterocycles. The lowest BCUT2D eigenvalue weighted by molar-refractivity contribution is -0.138. The van der Waals surface area contributed by atoms with Crippen LogP contribution in [0.25, 0.3) is 6.08 Å². The van der Waals surface area contributed by atoms with Crippen LogP contribution in [0, 0.1) is 5.92 Å². The number of imide groups is 1. The molecule has 63 heavy (non-hydrogen) atoms. The first kappa shape index (κ1) is 45.3. The van der Waals surface area contributed by atoms with Crippen LogP contribution >= 0.6 is 11.8 Å². The molecule has 334 valence electrons. The number of amides is 6. The van der Waals surface area contributed by atoms with Crippen molar-refractivity contribution < 1.29 is 38.2 Å². The second kappa shape index (κ2) is 22.6. The Morgan fingerprint density at radius 1 is 0.873 bits per heavy atom. The lowest BCUT2D eigenvalue weighted by atomic mass is 9.91. The standard InChI is InChI=1S/C45H55N9O8S/c55-40(13-9-33-6-4-17-46-29-33)47-18-2-1-5-32-15-19-53(20-16-32)45(60)36-10-12-39(50-49-36)51-21-23-52(24-22-51)42(57)31-62-26-25-61-27-28-63-38-8-3-7-34-35(38)30-54(44(34)59)37-11-14-41(56)48-43(37)58/h3-4,6-10,12-13,17,29,32,37H,1-2,5,11,14-16,18-28,30-31H2,(H,47,55)(H,48,56,58)/b13-9+. The molecule has 3 aromatic rings. The van der Waals surface area contributed by atoms with E-state index >= 15 is 0 Å². The fourth-order valence-corrected chi connectivity index (χ4v) is 9.17. The largest absolute Gasteiger partial charge is 0.378 e. The molecule has 3 saturated heterocycles. The van der Waals surface area contributed by atoms with Gasteiger partial charge in [-0.05, 0) is 79.1 Å². The molecule has 1 aromatic carbocycles. The Morgan fingerprint density at radius 3 is 2.46 bits per heavy atom. The summed E-state index contributed by atoms with van der Waals surface area (Å²) in [6, 6.07) is 12.2. The van der Waals surface area contributed by atoms with Crippen molar-refractivity contribution in [2.75, 3.05) is 82.9 Å². The maximum atomic E-state index is 13.2. The average Bonchev–Trinajstić information content (AvgIpc) is 3.65. The molecule has 0 aliphatic carbocycles. The second-order valence-corrected chi connectivity index (χ2v) is 17.1. The van der Waals surface area contributed by atoms with Crippen molar-refractivity contribution in [3.63, 3.8) is 0 Å². The number of ether oxygens (including phenoxy) is 2. The lowest BCUT2D eigenvalue weighted by Crippen LogP contribution is -2.52. The van der Waals surface area contributed by atoms with Crippen LogP contribution in [-0.4, -0.2) is 149 Å². The Hall–Kier alpha value is -5.72. The van der Waals surface area contributed by atoms with Gasteiger partial charge in [0.05, 0.1) is 19.8 Å². The monoisotopic (exact) mass is 881 g/mol. The molecule has 6 heterocycles. The number of anilines is 1. The summed E-state index contributed by atoms with van der Waals surface area (Å²) >= 11 is 1.58. The third-order valence-electron chi connectivity index (χ3n) is 11.8. The minimum atomic E-state index is -0.649. The number of carbonyl (C=O) groups excluding carboxylic acids is 6. The first-order valence-electron chi connectivity index (χ1n) is 21.8. The molecule has 7 rings (SSSR count). The smallest absolute Gasteiger partial charge is 0.274 e. The molecule has 17 nitrogen and oxygen atoms in total. The molecule has 4 aliphatic rings. The Bertz CT molecular complexity index is 2110. The minimum absolute atomic E-state index is 0.0358. The van der Waals surface area contributed by atoms with Crippen LogP contribution in [0.5, 0.6) is 0 Å². The molecule has 3 fully saturated rings. The average molecular weight is 882 g/mol. The number of piperazine rings is 1. The first-order valence-corrected chi connectivity index (χ1v) is 22.8. The van der Waals surface area contributed by atoms with Gasteiger partial charge in [-0.2, -0.15) is 0 Å². The van der Waals surface area contributed by atoms with Crippen molar-refractivity contribution in [3.8, 4) is 0 Å². The Labute approximate surface area is 371 Å². The maximum absolute atomic E-state index is 13.2. The summed E-state index contributed by atoms with van der Waals surface area (Å²) in [6.45, 7) is 5.58. The number of nitrogens with one attached hydrogen (secondary N) is 2. The van der Waals surface area contributed by atoms with Gasteiger partial charge in [-0.1, -0.05) is 25.0 Å². The van der Waals surface area contributed by atoms with E-state index in [-0.39, 0.29) is 49.2 Å². The Morgan fingerprint density at radius 2 is 1.70 bits per heavy atom. The number of carbonyl (C=O) groups is 6. The van der Waals surface area contributed by atoms with Crippen LogP contribution < -0.4 is 15.5 Å². The summed E-state index contributed by atoms with van der Waals surface area (Å²) in [7, 11) is 0. The zero-order valence-corrected chi connectivity index (χ0v) is 36.3. The van der Waals surface area contributed by atoms with Crippen molar-refractivity contribution >= 4 is 59.1 Å².